The van der Waals surface area contributed by atoms with E-state index in [0.717, 1.165) is 32.7 Å². The van der Waals surface area contributed by atoms with Crippen molar-refractivity contribution in [3.63, 3.8) is 0 Å². The lowest BCUT2D eigenvalue weighted by Crippen LogP contribution is -2.33. The quantitative estimate of drug-likeness (QED) is 0.696. The average Bonchev–Trinajstić information content (AvgIpc) is 2.42. The summed E-state index contributed by atoms with van der Waals surface area (Å²) >= 11 is 0. The van der Waals surface area contributed by atoms with Crippen LogP contribution in [0.4, 0.5) is 4.39 Å². The largest absolute Gasteiger partial charge is 0.492 e. The van der Waals surface area contributed by atoms with Gasteiger partial charge in [-0.2, -0.15) is 0 Å². The van der Waals surface area contributed by atoms with Crippen molar-refractivity contribution in [1.82, 2.24) is 10.2 Å². The predicted molar refractivity (Wildman–Crippen MR) is 77.3 cm³/mol. The van der Waals surface area contributed by atoms with Crippen molar-refractivity contribution in [3.8, 4) is 5.75 Å². The van der Waals surface area contributed by atoms with Crippen LogP contribution in [0.1, 0.15) is 19.4 Å². The third-order valence-electron chi connectivity index (χ3n) is 3.19. The Balaban J connectivity index is 2.12. The standard InChI is InChI=1S/C15H25FN2O/c1-4-18(5-2)10-8-17-9-11-19-14-7-6-13(3)15(16)12-14/h6-7,12,17H,4-5,8-11H2,1-3H3. The molecule has 0 unspecified atom stereocenters. The van der Waals surface area contributed by atoms with Crippen LogP contribution in [0.5, 0.6) is 5.75 Å². The second-order valence-corrected chi connectivity index (χ2v) is 4.54. The lowest BCUT2D eigenvalue weighted by atomic mass is 10.2. The third-order valence-corrected chi connectivity index (χ3v) is 3.19. The first-order chi connectivity index (χ1) is 9.17. The highest BCUT2D eigenvalue weighted by Crippen LogP contribution is 2.15. The minimum Gasteiger partial charge on any atom is -0.492 e. The lowest BCUT2D eigenvalue weighted by molar-refractivity contribution is 0.285. The van der Waals surface area contributed by atoms with Gasteiger partial charge in [0.2, 0.25) is 0 Å². The van der Waals surface area contributed by atoms with Crippen molar-refractivity contribution in [2.24, 2.45) is 0 Å². The number of nitrogens with one attached hydrogen (secondary N) is 1. The molecule has 0 amide bonds. The summed E-state index contributed by atoms with van der Waals surface area (Å²) < 4.78 is 18.8. The smallest absolute Gasteiger partial charge is 0.129 e. The molecule has 0 aromatic heterocycles. The van der Waals surface area contributed by atoms with E-state index in [-0.39, 0.29) is 5.82 Å². The summed E-state index contributed by atoms with van der Waals surface area (Å²) in [5.74, 6) is 0.376. The third kappa shape index (κ3) is 6.03. The number of hydrogen-bond acceptors (Lipinski definition) is 3. The first-order valence-electron chi connectivity index (χ1n) is 6.99. The van der Waals surface area contributed by atoms with Gasteiger partial charge in [0.25, 0.3) is 0 Å². The fourth-order valence-corrected chi connectivity index (χ4v) is 1.81. The van der Waals surface area contributed by atoms with E-state index < -0.39 is 0 Å². The molecule has 0 heterocycles. The molecule has 0 saturated carbocycles. The molecule has 0 aliphatic heterocycles. The Morgan fingerprint density at radius 2 is 1.95 bits per heavy atom. The number of aryl methyl sites for hydroxylation is 1. The van der Waals surface area contributed by atoms with Gasteiger partial charge in [0.15, 0.2) is 0 Å². The molecule has 4 heteroatoms. The number of ether oxygens (including phenoxy) is 1. The minimum absolute atomic E-state index is 0.216. The predicted octanol–water partition coefficient (Wildman–Crippen LogP) is 2.44. The highest BCUT2D eigenvalue weighted by atomic mass is 19.1. The summed E-state index contributed by atoms with van der Waals surface area (Å²) in [6.07, 6.45) is 0. The van der Waals surface area contributed by atoms with Gasteiger partial charge in [0.05, 0.1) is 0 Å². The van der Waals surface area contributed by atoms with Crippen LogP contribution in [0, 0.1) is 12.7 Å². The number of nitrogens with zero attached hydrogens (tertiary/aromatic N) is 1. The first kappa shape index (κ1) is 15.9. The molecule has 1 rings (SSSR count). The monoisotopic (exact) mass is 268 g/mol. The molecule has 0 spiro atoms. The van der Waals surface area contributed by atoms with Crippen LogP contribution in [-0.2, 0) is 0 Å². The number of halogens is 1. The summed E-state index contributed by atoms with van der Waals surface area (Å²) in [7, 11) is 0. The normalized spacial score (nSPS) is 11.0. The second-order valence-electron chi connectivity index (χ2n) is 4.54. The molecule has 0 bridgehead atoms. The van der Waals surface area contributed by atoms with Crippen LogP contribution in [-0.4, -0.2) is 44.2 Å². The van der Waals surface area contributed by atoms with Crippen LogP contribution in [0.3, 0.4) is 0 Å². The molecule has 19 heavy (non-hydrogen) atoms. The van der Waals surface area contributed by atoms with Crippen molar-refractivity contribution in [2.45, 2.75) is 20.8 Å². The highest BCUT2D eigenvalue weighted by molar-refractivity contribution is 5.27. The van der Waals surface area contributed by atoms with Crippen LogP contribution >= 0.6 is 0 Å². The summed E-state index contributed by atoms with van der Waals surface area (Å²) in [4.78, 5) is 2.36. The first-order valence-corrected chi connectivity index (χ1v) is 6.99. The number of benzene rings is 1. The SMILES string of the molecule is CCN(CC)CCNCCOc1ccc(C)c(F)c1. The molecule has 0 saturated heterocycles. The lowest BCUT2D eigenvalue weighted by Gasteiger charge is -2.18. The van der Waals surface area contributed by atoms with E-state index in [0.29, 0.717) is 17.9 Å². The molecule has 0 fully saturated rings. The molecule has 0 aliphatic rings. The van der Waals surface area contributed by atoms with E-state index in [9.17, 15) is 4.39 Å². The molecule has 1 N–H and O–H groups in total. The second kappa shape index (κ2) is 8.88. The van der Waals surface area contributed by atoms with Gasteiger partial charge in [-0.1, -0.05) is 19.9 Å². The van der Waals surface area contributed by atoms with Crippen molar-refractivity contribution in [2.75, 3.05) is 39.3 Å². The van der Waals surface area contributed by atoms with Gasteiger partial charge >= 0.3 is 0 Å². The van der Waals surface area contributed by atoms with Crippen molar-refractivity contribution < 1.29 is 9.13 Å². The molecule has 0 aliphatic carbocycles. The van der Waals surface area contributed by atoms with Crippen LogP contribution < -0.4 is 10.1 Å². The Kier molecular flexibility index (Phi) is 7.45. The van der Waals surface area contributed by atoms with Gasteiger partial charge in [-0.05, 0) is 31.6 Å². The van der Waals surface area contributed by atoms with Gasteiger partial charge < -0.3 is 15.0 Å². The van der Waals surface area contributed by atoms with E-state index in [1.54, 1.807) is 19.1 Å². The molecular weight excluding hydrogens is 243 g/mol. The minimum atomic E-state index is -0.216. The Morgan fingerprint density at radius 3 is 2.58 bits per heavy atom. The van der Waals surface area contributed by atoms with E-state index in [4.69, 9.17) is 4.74 Å². The fourth-order valence-electron chi connectivity index (χ4n) is 1.81. The number of rotatable bonds is 9. The topological polar surface area (TPSA) is 24.5 Å². The maximum absolute atomic E-state index is 13.3. The Bertz CT molecular complexity index is 367. The summed E-state index contributed by atoms with van der Waals surface area (Å²) in [6.45, 7) is 11.6. The average molecular weight is 268 g/mol. The fraction of sp³-hybridized carbons (Fsp3) is 0.600. The zero-order valence-electron chi connectivity index (χ0n) is 12.2. The van der Waals surface area contributed by atoms with Gasteiger partial charge in [0.1, 0.15) is 18.2 Å². The Labute approximate surface area is 115 Å². The van der Waals surface area contributed by atoms with E-state index in [1.165, 1.54) is 6.07 Å². The van der Waals surface area contributed by atoms with E-state index in [2.05, 4.69) is 24.1 Å². The molecule has 0 atom stereocenters. The van der Waals surface area contributed by atoms with Gasteiger partial charge in [-0.15, -0.1) is 0 Å². The number of likely N-dealkylation sites (N-methyl/N-ethyl adjacent to an activating group) is 1. The molecule has 0 radical (unpaired) electrons. The summed E-state index contributed by atoms with van der Waals surface area (Å²) in [5, 5.41) is 3.32. The van der Waals surface area contributed by atoms with Gasteiger partial charge in [0, 0.05) is 25.7 Å². The maximum Gasteiger partial charge on any atom is 0.129 e. The van der Waals surface area contributed by atoms with E-state index in [1.807, 2.05) is 0 Å². The van der Waals surface area contributed by atoms with E-state index >= 15 is 0 Å². The Morgan fingerprint density at radius 1 is 1.21 bits per heavy atom. The van der Waals surface area contributed by atoms with Gasteiger partial charge in [-0.3, -0.25) is 0 Å². The molecule has 1 aromatic rings. The summed E-state index contributed by atoms with van der Waals surface area (Å²) in [5.41, 5.74) is 0.643. The molecule has 1 aromatic carbocycles. The van der Waals surface area contributed by atoms with Gasteiger partial charge in [-0.25, -0.2) is 4.39 Å². The maximum atomic E-state index is 13.3. The van der Waals surface area contributed by atoms with Crippen molar-refractivity contribution >= 4 is 0 Å². The van der Waals surface area contributed by atoms with Crippen LogP contribution in [0.2, 0.25) is 0 Å². The number of hydrogen-bond donors (Lipinski definition) is 1. The zero-order chi connectivity index (χ0) is 14.1. The van der Waals surface area contributed by atoms with Crippen LogP contribution in [0.15, 0.2) is 18.2 Å². The zero-order valence-corrected chi connectivity index (χ0v) is 12.2. The Hall–Kier alpha value is -1.13. The molecular formula is C15H25FN2O. The highest BCUT2D eigenvalue weighted by Gasteiger charge is 2.00. The molecule has 3 nitrogen and oxygen atoms in total. The van der Waals surface area contributed by atoms with Crippen LogP contribution in [0.25, 0.3) is 0 Å². The summed E-state index contributed by atoms with van der Waals surface area (Å²) in [6, 6.07) is 4.97. The van der Waals surface area contributed by atoms with Crippen molar-refractivity contribution in [3.05, 3.63) is 29.6 Å². The van der Waals surface area contributed by atoms with Crippen molar-refractivity contribution in [1.29, 1.82) is 0 Å². The molecule has 108 valence electrons.